The van der Waals surface area contributed by atoms with Crippen LogP contribution in [0.25, 0.3) is 0 Å². The molecule has 0 spiro atoms. The van der Waals surface area contributed by atoms with E-state index in [1.807, 2.05) is 0 Å². The van der Waals surface area contributed by atoms with E-state index in [4.69, 9.17) is 10.5 Å². The third kappa shape index (κ3) is 2.77. The van der Waals surface area contributed by atoms with Gasteiger partial charge < -0.3 is 10.5 Å². The lowest BCUT2D eigenvalue weighted by molar-refractivity contribution is 0.193. The molecule has 0 saturated carbocycles. The quantitative estimate of drug-likeness (QED) is 0.853. The molecule has 0 aromatic carbocycles. The Morgan fingerprint density at radius 3 is 3.27 bits per heavy atom. The monoisotopic (exact) mass is 226 g/mol. The smallest absolute Gasteiger partial charge is 0.0943 e. The van der Waals surface area contributed by atoms with Gasteiger partial charge in [0.25, 0.3) is 0 Å². The van der Waals surface area contributed by atoms with Crippen LogP contribution >= 0.6 is 11.3 Å². The lowest BCUT2D eigenvalue weighted by atomic mass is 10.1. The fraction of sp³-hybridized carbons (Fsp3) is 0.727. The largest absolute Gasteiger partial charge is 0.381 e. The summed E-state index contributed by atoms with van der Waals surface area (Å²) >= 11 is 1.73. The topological polar surface area (TPSA) is 48.1 Å². The molecule has 1 aliphatic heterocycles. The highest BCUT2D eigenvalue weighted by Gasteiger charge is 2.20. The molecule has 2 heterocycles. The molecule has 2 N–H and O–H groups in total. The molecule has 1 aliphatic rings. The summed E-state index contributed by atoms with van der Waals surface area (Å²) in [5.41, 5.74) is 7.11. The Hall–Kier alpha value is -0.450. The maximum Gasteiger partial charge on any atom is 0.0943 e. The Morgan fingerprint density at radius 2 is 2.60 bits per heavy atom. The first-order valence-electron chi connectivity index (χ1n) is 5.57. The maximum absolute atomic E-state index is 5.91. The standard InChI is InChI=1S/C11H18N2OS/c1-2-9(12)5-11-13-10(7-15-11)8-3-4-14-6-8/h7-9H,2-6,12H2,1H3. The summed E-state index contributed by atoms with van der Waals surface area (Å²) in [7, 11) is 0. The van der Waals surface area contributed by atoms with Crippen LogP contribution in [0.5, 0.6) is 0 Å². The van der Waals surface area contributed by atoms with Crippen LogP contribution in [0, 0.1) is 0 Å². The number of nitrogens with zero attached hydrogens (tertiary/aromatic N) is 1. The summed E-state index contributed by atoms with van der Waals surface area (Å²) in [4.78, 5) is 4.64. The zero-order valence-corrected chi connectivity index (χ0v) is 9.93. The Morgan fingerprint density at radius 1 is 1.73 bits per heavy atom. The van der Waals surface area contributed by atoms with Gasteiger partial charge in [0.15, 0.2) is 0 Å². The Bertz CT molecular complexity index is 307. The molecule has 1 aromatic heterocycles. The van der Waals surface area contributed by atoms with Gasteiger partial charge in [0.05, 0.1) is 17.3 Å². The predicted octanol–water partition coefficient (Wildman–Crippen LogP) is 1.93. The first-order chi connectivity index (χ1) is 7.29. The van der Waals surface area contributed by atoms with Crippen LogP contribution in [0.3, 0.4) is 0 Å². The van der Waals surface area contributed by atoms with Crippen LogP contribution < -0.4 is 5.73 Å². The van der Waals surface area contributed by atoms with E-state index in [0.29, 0.717) is 5.92 Å². The van der Waals surface area contributed by atoms with Crippen molar-refractivity contribution in [3.05, 3.63) is 16.1 Å². The van der Waals surface area contributed by atoms with Crippen molar-refractivity contribution in [1.29, 1.82) is 0 Å². The third-order valence-corrected chi connectivity index (χ3v) is 3.77. The van der Waals surface area contributed by atoms with Crippen molar-refractivity contribution in [3.8, 4) is 0 Å². The van der Waals surface area contributed by atoms with Gasteiger partial charge in [0.1, 0.15) is 0 Å². The van der Waals surface area contributed by atoms with Gasteiger partial charge >= 0.3 is 0 Å². The van der Waals surface area contributed by atoms with Crippen molar-refractivity contribution in [1.82, 2.24) is 4.98 Å². The molecule has 3 nitrogen and oxygen atoms in total. The fourth-order valence-corrected chi connectivity index (χ4v) is 2.71. The molecule has 0 amide bonds. The predicted molar refractivity (Wildman–Crippen MR) is 62.3 cm³/mol. The van der Waals surface area contributed by atoms with Crippen LogP contribution in [0.15, 0.2) is 5.38 Å². The number of rotatable bonds is 4. The molecule has 2 rings (SSSR count). The van der Waals surface area contributed by atoms with Crippen LogP contribution in [0.4, 0.5) is 0 Å². The molecule has 84 valence electrons. The van der Waals surface area contributed by atoms with Crippen LogP contribution in [-0.2, 0) is 11.2 Å². The Kier molecular flexibility index (Phi) is 3.72. The number of ether oxygens (including phenoxy) is 1. The van der Waals surface area contributed by atoms with Gasteiger partial charge in [-0.05, 0) is 12.8 Å². The molecule has 15 heavy (non-hydrogen) atoms. The number of aromatic nitrogens is 1. The van der Waals surface area contributed by atoms with Crippen LogP contribution in [0.1, 0.15) is 36.4 Å². The van der Waals surface area contributed by atoms with Crippen molar-refractivity contribution in [2.75, 3.05) is 13.2 Å². The third-order valence-electron chi connectivity index (χ3n) is 2.88. The van der Waals surface area contributed by atoms with Crippen molar-refractivity contribution >= 4 is 11.3 Å². The van der Waals surface area contributed by atoms with Gasteiger partial charge in [0, 0.05) is 30.4 Å². The second-order valence-electron chi connectivity index (χ2n) is 4.10. The molecule has 1 saturated heterocycles. The van der Waals surface area contributed by atoms with Crippen molar-refractivity contribution in [3.63, 3.8) is 0 Å². The van der Waals surface area contributed by atoms with Gasteiger partial charge in [-0.3, -0.25) is 0 Å². The van der Waals surface area contributed by atoms with Crippen molar-refractivity contribution < 1.29 is 4.74 Å². The minimum Gasteiger partial charge on any atom is -0.381 e. The lowest BCUT2D eigenvalue weighted by Crippen LogP contribution is -2.21. The summed E-state index contributed by atoms with van der Waals surface area (Å²) in [5.74, 6) is 0.521. The molecule has 0 bridgehead atoms. The van der Waals surface area contributed by atoms with Crippen LogP contribution in [0.2, 0.25) is 0 Å². The summed E-state index contributed by atoms with van der Waals surface area (Å²) in [6, 6.07) is 0.254. The van der Waals surface area contributed by atoms with E-state index >= 15 is 0 Å². The van der Waals surface area contributed by atoms with E-state index in [0.717, 1.165) is 32.5 Å². The zero-order chi connectivity index (χ0) is 10.7. The highest BCUT2D eigenvalue weighted by Crippen LogP contribution is 2.26. The lowest BCUT2D eigenvalue weighted by Gasteiger charge is -2.05. The molecule has 0 aliphatic carbocycles. The van der Waals surface area contributed by atoms with E-state index in [2.05, 4.69) is 17.3 Å². The number of hydrogen-bond acceptors (Lipinski definition) is 4. The average Bonchev–Trinajstić information content (AvgIpc) is 2.85. The molecule has 2 atom stereocenters. The molecule has 0 radical (unpaired) electrons. The molecular formula is C11H18N2OS. The first kappa shape index (κ1) is 11.0. The number of nitrogens with two attached hydrogens (primary N) is 1. The number of hydrogen-bond donors (Lipinski definition) is 1. The normalized spacial score (nSPS) is 23.2. The number of thiazole rings is 1. The minimum atomic E-state index is 0.254. The molecule has 4 heteroatoms. The first-order valence-corrected chi connectivity index (χ1v) is 6.45. The fourth-order valence-electron chi connectivity index (χ4n) is 1.74. The van der Waals surface area contributed by atoms with Crippen LogP contribution in [-0.4, -0.2) is 24.2 Å². The second-order valence-corrected chi connectivity index (χ2v) is 5.04. The molecule has 1 fully saturated rings. The Labute approximate surface area is 94.7 Å². The highest BCUT2D eigenvalue weighted by atomic mass is 32.1. The van der Waals surface area contributed by atoms with Gasteiger partial charge in [-0.25, -0.2) is 4.98 Å². The SMILES string of the molecule is CCC(N)Cc1nc(C2CCOC2)cs1. The maximum atomic E-state index is 5.91. The van der Waals surface area contributed by atoms with E-state index < -0.39 is 0 Å². The van der Waals surface area contributed by atoms with Gasteiger partial charge in [0.2, 0.25) is 0 Å². The minimum absolute atomic E-state index is 0.254. The molecular weight excluding hydrogens is 208 g/mol. The van der Waals surface area contributed by atoms with Gasteiger partial charge in [-0.2, -0.15) is 0 Å². The summed E-state index contributed by atoms with van der Waals surface area (Å²) in [5, 5.41) is 3.34. The van der Waals surface area contributed by atoms with E-state index in [-0.39, 0.29) is 6.04 Å². The van der Waals surface area contributed by atoms with Gasteiger partial charge in [-0.15, -0.1) is 11.3 Å². The average molecular weight is 226 g/mol. The molecule has 2 unspecified atom stereocenters. The molecule has 1 aromatic rings. The van der Waals surface area contributed by atoms with Gasteiger partial charge in [-0.1, -0.05) is 6.92 Å². The van der Waals surface area contributed by atoms with E-state index in [9.17, 15) is 0 Å². The van der Waals surface area contributed by atoms with E-state index in [1.165, 1.54) is 10.7 Å². The summed E-state index contributed by atoms with van der Waals surface area (Å²) in [6.45, 7) is 3.83. The Balaban J connectivity index is 1.97. The van der Waals surface area contributed by atoms with Crippen molar-refractivity contribution in [2.24, 2.45) is 5.73 Å². The second kappa shape index (κ2) is 5.05. The highest BCUT2D eigenvalue weighted by molar-refractivity contribution is 7.09. The zero-order valence-electron chi connectivity index (χ0n) is 9.11. The summed E-state index contributed by atoms with van der Waals surface area (Å²) in [6.07, 6.45) is 3.04. The van der Waals surface area contributed by atoms with Crippen molar-refractivity contribution in [2.45, 2.75) is 38.1 Å². The summed E-state index contributed by atoms with van der Waals surface area (Å²) < 4.78 is 5.36. The van der Waals surface area contributed by atoms with E-state index in [1.54, 1.807) is 11.3 Å².